The molecule has 0 spiro atoms. The summed E-state index contributed by atoms with van der Waals surface area (Å²) in [6.45, 7) is 4.27. The molecule has 4 atom stereocenters. The molecule has 7 nitrogen and oxygen atoms in total. The minimum atomic E-state index is -0.925. The van der Waals surface area contributed by atoms with Crippen molar-refractivity contribution in [1.29, 1.82) is 0 Å². The zero-order chi connectivity index (χ0) is 25.1. The fraction of sp³-hybridized carbons (Fsp3) is 0.517. The number of carbonyl (C=O) groups is 2. The van der Waals surface area contributed by atoms with Gasteiger partial charge in [-0.3, -0.25) is 4.79 Å². The Hall–Kier alpha value is -2.90. The Morgan fingerprint density at radius 2 is 1.86 bits per heavy atom. The van der Waals surface area contributed by atoms with Gasteiger partial charge >= 0.3 is 5.97 Å². The highest BCUT2D eigenvalue weighted by Crippen LogP contribution is 2.40. The summed E-state index contributed by atoms with van der Waals surface area (Å²) in [6, 6.07) is 13.4. The van der Waals surface area contributed by atoms with Crippen LogP contribution in [0.3, 0.4) is 0 Å². The lowest BCUT2D eigenvalue weighted by Crippen LogP contribution is -2.44. The molecular weight excluding hydrogens is 456 g/mol. The average molecular weight is 493 g/mol. The van der Waals surface area contributed by atoms with E-state index in [0.29, 0.717) is 23.8 Å². The lowest BCUT2D eigenvalue weighted by molar-refractivity contribution is -0.131. The van der Waals surface area contributed by atoms with Gasteiger partial charge < -0.3 is 25.2 Å². The summed E-state index contributed by atoms with van der Waals surface area (Å²) in [4.78, 5) is 24.8. The maximum Gasteiger partial charge on any atom is 0.335 e. The molecule has 1 amide bonds. The molecule has 2 aromatic carbocycles. The summed E-state index contributed by atoms with van der Waals surface area (Å²) in [5, 5.41) is 16.3. The maximum absolute atomic E-state index is 12.8. The van der Waals surface area contributed by atoms with Crippen LogP contribution in [0.5, 0.6) is 5.75 Å². The molecule has 1 aliphatic carbocycles. The van der Waals surface area contributed by atoms with Gasteiger partial charge in [0.1, 0.15) is 18.0 Å². The van der Waals surface area contributed by atoms with Gasteiger partial charge in [0.25, 0.3) is 0 Å². The maximum atomic E-state index is 12.8. The van der Waals surface area contributed by atoms with Crippen molar-refractivity contribution in [2.24, 2.45) is 0 Å². The van der Waals surface area contributed by atoms with Crippen molar-refractivity contribution < 1.29 is 24.2 Å². The molecule has 3 N–H and O–H groups in total. The fourth-order valence-corrected chi connectivity index (χ4v) is 5.42. The highest BCUT2D eigenvalue weighted by molar-refractivity contribution is 5.90. The van der Waals surface area contributed by atoms with E-state index in [9.17, 15) is 14.7 Å². The topological polar surface area (TPSA) is 96.9 Å². The standard InChI is InChI=1S/C29H36N2O5/c1-18(31-28(32)26-5-3-15-35-26)27(21-10-8-20(9-11-21)19-6-7-19)36-23-12-13-24(29(33)34)25(16-23)22-4-2-14-30-17-22/h8-13,16,18-19,22,26-27,30H,2-7,14-15,17H2,1H3,(H,31,32)(H,33,34)/t18-,22+,26-,27-/m0/s1. The third-order valence-electron chi connectivity index (χ3n) is 7.61. The van der Waals surface area contributed by atoms with Crippen molar-refractivity contribution in [3.63, 3.8) is 0 Å². The van der Waals surface area contributed by atoms with E-state index in [2.05, 4.69) is 34.9 Å². The van der Waals surface area contributed by atoms with E-state index in [0.717, 1.165) is 49.9 Å². The Morgan fingerprint density at radius 1 is 1.06 bits per heavy atom. The first-order chi connectivity index (χ1) is 17.5. The van der Waals surface area contributed by atoms with Gasteiger partial charge in [0.15, 0.2) is 0 Å². The van der Waals surface area contributed by atoms with Crippen molar-refractivity contribution >= 4 is 11.9 Å². The van der Waals surface area contributed by atoms with Crippen molar-refractivity contribution in [3.05, 3.63) is 64.7 Å². The Labute approximate surface area is 212 Å². The number of carboxylic acid groups (broad SMARTS) is 1. The highest BCUT2D eigenvalue weighted by atomic mass is 16.5. The van der Waals surface area contributed by atoms with Gasteiger partial charge in [-0.1, -0.05) is 24.3 Å². The molecule has 192 valence electrons. The van der Waals surface area contributed by atoms with Gasteiger partial charge in [0.05, 0.1) is 11.6 Å². The van der Waals surface area contributed by atoms with E-state index in [-0.39, 0.29) is 17.9 Å². The number of hydrogen-bond acceptors (Lipinski definition) is 5. The van der Waals surface area contributed by atoms with Crippen LogP contribution < -0.4 is 15.4 Å². The van der Waals surface area contributed by atoms with Crippen LogP contribution in [0, 0.1) is 0 Å². The van der Waals surface area contributed by atoms with E-state index in [4.69, 9.17) is 9.47 Å². The summed E-state index contributed by atoms with van der Waals surface area (Å²) in [5.74, 6) is 0.353. The third kappa shape index (κ3) is 5.73. The summed E-state index contributed by atoms with van der Waals surface area (Å²) in [5.41, 5.74) is 3.43. The number of piperidine rings is 1. The number of ether oxygens (including phenoxy) is 2. The minimum Gasteiger partial charge on any atom is -0.484 e. The predicted octanol–water partition coefficient (Wildman–Crippen LogP) is 4.53. The molecule has 2 aromatic rings. The fourth-order valence-electron chi connectivity index (χ4n) is 5.42. The van der Waals surface area contributed by atoms with Crippen LogP contribution in [-0.4, -0.2) is 48.8 Å². The zero-order valence-electron chi connectivity index (χ0n) is 20.9. The quantitative estimate of drug-likeness (QED) is 0.476. The lowest BCUT2D eigenvalue weighted by Gasteiger charge is -2.29. The van der Waals surface area contributed by atoms with E-state index in [1.165, 1.54) is 18.4 Å². The van der Waals surface area contributed by atoms with Crippen LogP contribution in [0.15, 0.2) is 42.5 Å². The Balaban J connectivity index is 1.41. The van der Waals surface area contributed by atoms with Gasteiger partial charge in [-0.05, 0) is 98.7 Å². The van der Waals surface area contributed by atoms with Crippen LogP contribution >= 0.6 is 0 Å². The van der Waals surface area contributed by atoms with E-state index < -0.39 is 18.2 Å². The molecule has 36 heavy (non-hydrogen) atoms. The molecule has 3 fully saturated rings. The monoisotopic (exact) mass is 492 g/mol. The normalized spacial score (nSPS) is 23.6. The van der Waals surface area contributed by atoms with Gasteiger partial charge in [-0.2, -0.15) is 0 Å². The highest BCUT2D eigenvalue weighted by Gasteiger charge is 2.30. The molecule has 2 aliphatic heterocycles. The SMILES string of the molecule is C[C@H](NC(=O)[C@@H]1CCCO1)[C@H](Oc1ccc(C(=O)O)c([C@@H]2CCCNC2)c1)c1ccc(C2CC2)cc1. The summed E-state index contributed by atoms with van der Waals surface area (Å²) in [7, 11) is 0. The molecule has 5 rings (SSSR count). The lowest BCUT2D eigenvalue weighted by atomic mass is 9.88. The number of carbonyl (C=O) groups excluding carboxylic acids is 1. The van der Waals surface area contributed by atoms with Crippen LogP contribution in [0.1, 0.15) is 90.4 Å². The second kappa shape index (κ2) is 11.0. The number of carboxylic acids is 1. The molecule has 0 radical (unpaired) electrons. The minimum absolute atomic E-state index is 0.113. The largest absolute Gasteiger partial charge is 0.484 e. The van der Waals surface area contributed by atoms with E-state index in [1.807, 2.05) is 13.0 Å². The summed E-state index contributed by atoms with van der Waals surface area (Å²) >= 11 is 0. The first-order valence-corrected chi connectivity index (χ1v) is 13.3. The van der Waals surface area contributed by atoms with E-state index in [1.54, 1.807) is 12.1 Å². The van der Waals surface area contributed by atoms with Crippen molar-refractivity contribution in [2.75, 3.05) is 19.7 Å². The van der Waals surface area contributed by atoms with Crippen LogP contribution in [0.4, 0.5) is 0 Å². The Kier molecular flexibility index (Phi) is 7.58. The van der Waals surface area contributed by atoms with Gasteiger partial charge in [-0.25, -0.2) is 4.79 Å². The number of nitrogens with one attached hydrogen (secondary N) is 2. The molecular formula is C29H36N2O5. The molecule has 0 aromatic heterocycles. The first kappa shape index (κ1) is 24.8. The number of aromatic carboxylic acids is 1. The second-order valence-corrected chi connectivity index (χ2v) is 10.4. The summed E-state index contributed by atoms with van der Waals surface area (Å²) in [6.07, 6.45) is 5.21. The molecule has 3 aliphatic rings. The molecule has 7 heteroatoms. The van der Waals surface area contributed by atoms with Crippen LogP contribution in [0.25, 0.3) is 0 Å². The van der Waals surface area contributed by atoms with Gasteiger partial charge in [0, 0.05) is 13.2 Å². The Bertz CT molecular complexity index is 1070. The molecule has 2 heterocycles. The van der Waals surface area contributed by atoms with Gasteiger partial charge in [0.2, 0.25) is 5.91 Å². The van der Waals surface area contributed by atoms with E-state index >= 15 is 0 Å². The molecule has 0 bridgehead atoms. The average Bonchev–Trinajstić information content (AvgIpc) is 3.60. The number of amides is 1. The molecule has 1 saturated carbocycles. The van der Waals surface area contributed by atoms with Crippen LogP contribution in [0.2, 0.25) is 0 Å². The van der Waals surface area contributed by atoms with Gasteiger partial charge in [-0.15, -0.1) is 0 Å². The molecule has 2 saturated heterocycles. The number of rotatable bonds is 9. The zero-order valence-corrected chi connectivity index (χ0v) is 20.9. The number of hydrogen-bond donors (Lipinski definition) is 3. The van der Waals surface area contributed by atoms with Crippen molar-refractivity contribution in [3.8, 4) is 5.75 Å². The predicted molar refractivity (Wildman–Crippen MR) is 137 cm³/mol. The third-order valence-corrected chi connectivity index (χ3v) is 7.61. The Morgan fingerprint density at radius 3 is 2.50 bits per heavy atom. The summed E-state index contributed by atoms with van der Waals surface area (Å²) < 4.78 is 12.1. The first-order valence-electron chi connectivity index (χ1n) is 13.3. The number of benzene rings is 2. The smallest absolute Gasteiger partial charge is 0.335 e. The molecule has 0 unspecified atom stereocenters. The second-order valence-electron chi connectivity index (χ2n) is 10.4. The van der Waals surface area contributed by atoms with Crippen molar-refractivity contribution in [1.82, 2.24) is 10.6 Å². The van der Waals surface area contributed by atoms with Crippen molar-refractivity contribution in [2.45, 2.75) is 75.5 Å². The van der Waals surface area contributed by atoms with Crippen LogP contribution in [-0.2, 0) is 9.53 Å².